The summed E-state index contributed by atoms with van der Waals surface area (Å²) in [5.41, 5.74) is 0.477. The molecule has 168 valence electrons. The highest BCUT2D eigenvalue weighted by molar-refractivity contribution is 5.99. The maximum Gasteiger partial charge on any atom is 0.257 e. The Morgan fingerprint density at radius 3 is 2.28 bits per heavy atom. The normalized spacial score (nSPS) is 11.9. The molecule has 7 nitrogen and oxygen atoms in total. The van der Waals surface area contributed by atoms with Crippen LogP contribution in [-0.2, 0) is 6.42 Å². The topological polar surface area (TPSA) is 93.3 Å². The summed E-state index contributed by atoms with van der Waals surface area (Å²) in [7, 11) is 0. The van der Waals surface area contributed by atoms with Crippen molar-refractivity contribution < 1.29 is 14.0 Å². The second kappa shape index (κ2) is 10.6. The van der Waals surface area contributed by atoms with E-state index in [-0.39, 0.29) is 17.2 Å². The maximum absolute atomic E-state index is 13.0. The standard InChI is InChI=1S/C25H29N3O4/c1-17(2)28-15-20(24(30)26-13-7-11-19-9-5-4-6-10-19)23(29)21(16-28)25(31)27-18(3)22-12-8-14-32-22/h4-6,8-10,12,14-18H,7,11,13H2,1-3H3,(H,26,30)(H,27,31). The number of aromatic nitrogens is 1. The summed E-state index contributed by atoms with van der Waals surface area (Å²) in [5, 5.41) is 5.57. The van der Waals surface area contributed by atoms with Gasteiger partial charge in [0.15, 0.2) is 0 Å². The number of carbonyl (C=O) groups excluding carboxylic acids is 2. The van der Waals surface area contributed by atoms with Gasteiger partial charge in [0.2, 0.25) is 5.43 Å². The minimum Gasteiger partial charge on any atom is -0.467 e. The van der Waals surface area contributed by atoms with Crippen LogP contribution in [0.25, 0.3) is 0 Å². The lowest BCUT2D eigenvalue weighted by molar-refractivity contribution is 0.0933. The van der Waals surface area contributed by atoms with E-state index in [9.17, 15) is 14.4 Å². The fourth-order valence-corrected chi connectivity index (χ4v) is 3.34. The Balaban J connectivity index is 1.73. The molecule has 0 radical (unpaired) electrons. The van der Waals surface area contributed by atoms with Crippen LogP contribution in [0.5, 0.6) is 0 Å². The Kier molecular flexibility index (Phi) is 7.65. The zero-order valence-electron chi connectivity index (χ0n) is 18.6. The highest BCUT2D eigenvalue weighted by Crippen LogP contribution is 2.14. The van der Waals surface area contributed by atoms with Gasteiger partial charge in [-0.25, -0.2) is 0 Å². The molecule has 32 heavy (non-hydrogen) atoms. The van der Waals surface area contributed by atoms with E-state index in [1.54, 1.807) is 23.6 Å². The fraction of sp³-hybridized carbons (Fsp3) is 0.320. The minimum absolute atomic E-state index is 0.0331. The molecule has 3 rings (SSSR count). The van der Waals surface area contributed by atoms with Gasteiger partial charge in [-0.3, -0.25) is 14.4 Å². The molecule has 7 heteroatoms. The molecule has 3 aromatic rings. The van der Waals surface area contributed by atoms with Gasteiger partial charge >= 0.3 is 0 Å². The zero-order valence-corrected chi connectivity index (χ0v) is 18.6. The van der Waals surface area contributed by atoms with Crippen molar-refractivity contribution in [2.75, 3.05) is 6.54 Å². The third-order valence-electron chi connectivity index (χ3n) is 5.22. The van der Waals surface area contributed by atoms with Gasteiger partial charge in [0.05, 0.1) is 12.3 Å². The molecule has 1 aromatic carbocycles. The van der Waals surface area contributed by atoms with E-state index in [2.05, 4.69) is 10.6 Å². The molecule has 0 fully saturated rings. The number of aryl methyl sites for hydroxylation is 1. The Labute approximate surface area is 187 Å². The van der Waals surface area contributed by atoms with Gasteiger partial charge in [0.1, 0.15) is 16.9 Å². The monoisotopic (exact) mass is 435 g/mol. The SMILES string of the molecule is CC(NC(=O)c1cn(C(C)C)cc(C(=O)NCCCc2ccccc2)c1=O)c1ccco1. The van der Waals surface area contributed by atoms with Crippen LogP contribution in [0.2, 0.25) is 0 Å². The van der Waals surface area contributed by atoms with Crippen molar-refractivity contribution in [3.05, 3.63) is 93.8 Å². The fourth-order valence-electron chi connectivity index (χ4n) is 3.34. The largest absolute Gasteiger partial charge is 0.467 e. The summed E-state index contributed by atoms with van der Waals surface area (Å²) in [6.45, 7) is 6.03. The number of amides is 2. The Morgan fingerprint density at radius 2 is 1.66 bits per heavy atom. The molecule has 0 saturated carbocycles. The molecule has 0 aliphatic carbocycles. The summed E-state index contributed by atoms with van der Waals surface area (Å²) in [5.74, 6) is -0.451. The quantitative estimate of drug-likeness (QED) is 0.499. The molecule has 0 aliphatic heterocycles. The molecule has 1 unspecified atom stereocenters. The number of nitrogens with zero attached hydrogens (tertiary/aromatic N) is 1. The van der Waals surface area contributed by atoms with E-state index in [1.165, 1.54) is 24.2 Å². The molecular weight excluding hydrogens is 406 g/mol. The van der Waals surface area contributed by atoms with Gasteiger partial charge in [-0.05, 0) is 51.3 Å². The van der Waals surface area contributed by atoms with E-state index in [1.807, 2.05) is 44.2 Å². The van der Waals surface area contributed by atoms with Crippen molar-refractivity contribution in [3.8, 4) is 0 Å². The number of hydrogen-bond acceptors (Lipinski definition) is 4. The predicted molar refractivity (Wildman–Crippen MR) is 123 cm³/mol. The van der Waals surface area contributed by atoms with Crippen LogP contribution in [0, 0.1) is 0 Å². The third kappa shape index (κ3) is 5.75. The maximum atomic E-state index is 13.0. The van der Waals surface area contributed by atoms with Crippen LogP contribution < -0.4 is 16.1 Å². The minimum atomic E-state index is -0.591. The van der Waals surface area contributed by atoms with E-state index >= 15 is 0 Å². The van der Waals surface area contributed by atoms with Crippen molar-refractivity contribution in [2.45, 2.75) is 45.7 Å². The number of pyridine rings is 1. The lowest BCUT2D eigenvalue weighted by Crippen LogP contribution is -2.36. The average Bonchev–Trinajstić information content (AvgIpc) is 3.32. The van der Waals surface area contributed by atoms with Gasteiger partial charge in [-0.1, -0.05) is 30.3 Å². The summed E-state index contributed by atoms with van der Waals surface area (Å²) >= 11 is 0. The number of nitrogens with one attached hydrogen (secondary N) is 2. The lowest BCUT2D eigenvalue weighted by atomic mass is 10.1. The molecule has 0 spiro atoms. The van der Waals surface area contributed by atoms with Crippen molar-refractivity contribution in [2.24, 2.45) is 0 Å². The summed E-state index contributed by atoms with van der Waals surface area (Å²) in [4.78, 5) is 38.6. The molecule has 2 aromatic heterocycles. The molecule has 0 saturated heterocycles. The Morgan fingerprint density at radius 1 is 0.969 bits per heavy atom. The van der Waals surface area contributed by atoms with Gasteiger partial charge in [0, 0.05) is 25.0 Å². The number of rotatable bonds is 9. The van der Waals surface area contributed by atoms with Crippen LogP contribution in [0.3, 0.4) is 0 Å². The second-order valence-electron chi connectivity index (χ2n) is 8.01. The highest BCUT2D eigenvalue weighted by Gasteiger charge is 2.22. The average molecular weight is 436 g/mol. The van der Waals surface area contributed by atoms with Crippen LogP contribution in [0.15, 0.2) is 70.3 Å². The van der Waals surface area contributed by atoms with E-state index in [0.717, 1.165) is 12.8 Å². The van der Waals surface area contributed by atoms with E-state index in [0.29, 0.717) is 12.3 Å². The second-order valence-corrected chi connectivity index (χ2v) is 8.01. The molecule has 1 atom stereocenters. The molecule has 2 N–H and O–H groups in total. The van der Waals surface area contributed by atoms with Crippen LogP contribution >= 0.6 is 0 Å². The Bertz CT molecular complexity index is 1100. The lowest BCUT2D eigenvalue weighted by Gasteiger charge is -2.16. The van der Waals surface area contributed by atoms with Gasteiger partial charge in [0.25, 0.3) is 11.8 Å². The number of benzene rings is 1. The molecule has 2 heterocycles. The number of hydrogen-bond donors (Lipinski definition) is 2. The molecule has 0 bridgehead atoms. The Hall–Kier alpha value is -3.61. The van der Waals surface area contributed by atoms with Crippen LogP contribution in [0.4, 0.5) is 0 Å². The summed E-state index contributed by atoms with van der Waals surface area (Å²) in [6, 6.07) is 13.0. The van der Waals surface area contributed by atoms with Gasteiger partial charge in [-0.15, -0.1) is 0 Å². The van der Waals surface area contributed by atoms with E-state index < -0.39 is 23.3 Å². The smallest absolute Gasteiger partial charge is 0.257 e. The third-order valence-corrected chi connectivity index (χ3v) is 5.22. The first-order chi connectivity index (χ1) is 15.4. The first-order valence-electron chi connectivity index (χ1n) is 10.8. The van der Waals surface area contributed by atoms with Crippen LogP contribution in [0.1, 0.15) is 71.3 Å². The van der Waals surface area contributed by atoms with Crippen LogP contribution in [-0.4, -0.2) is 22.9 Å². The molecule has 2 amide bonds. The van der Waals surface area contributed by atoms with Gasteiger partial charge in [-0.2, -0.15) is 0 Å². The van der Waals surface area contributed by atoms with Gasteiger partial charge < -0.3 is 19.6 Å². The first-order valence-corrected chi connectivity index (χ1v) is 10.8. The molecular formula is C25H29N3O4. The first kappa shape index (κ1) is 23.1. The predicted octanol–water partition coefficient (Wildman–Crippen LogP) is 3.88. The van der Waals surface area contributed by atoms with Crippen molar-refractivity contribution in [3.63, 3.8) is 0 Å². The van der Waals surface area contributed by atoms with Crippen molar-refractivity contribution >= 4 is 11.8 Å². The summed E-state index contributed by atoms with van der Waals surface area (Å²) < 4.78 is 7.01. The zero-order chi connectivity index (χ0) is 23.1. The van der Waals surface area contributed by atoms with E-state index in [4.69, 9.17) is 4.42 Å². The van der Waals surface area contributed by atoms with Crippen molar-refractivity contribution in [1.29, 1.82) is 0 Å². The van der Waals surface area contributed by atoms with Crippen molar-refractivity contribution in [1.82, 2.24) is 15.2 Å². The highest BCUT2D eigenvalue weighted by atomic mass is 16.3. The number of furan rings is 1. The number of carbonyl (C=O) groups is 2. The summed E-state index contributed by atoms with van der Waals surface area (Å²) in [6.07, 6.45) is 6.08. The molecule has 0 aliphatic rings.